The normalized spacial score (nSPS) is 16.4. The molecule has 0 saturated carbocycles. The smallest absolute Gasteiger partial charge is 0.191 e. The Bertz CT molecular complexity index is 690. The summed E-state index contributed by atoms with van der Waals surface area (Å²) in [6.45, 7) is 7.83. The summed E-state index contributed by atoms with van der Waals surface area (Å²) < 4.78 is 3.19. The Balaban J connectivity index is 1.43. The lowest BCUT2D eigenvalue weighted by Crippen LogP contribution is -2.48. The van der Waals surface area contributed by atoms with E-state index in [4.69, 9.17) is 4.99 Å². The fraction of sp³-hybridized carbons (Fsp3) is 0.500. The summed E-state index contributed by atoms with van der Waals surface area (Å²) in [6.07, 6.45) is 7.88. The maximum absolute atomic E-state index is 4.71. The molecular formula is C20H29BrN6. The molecule has 1 aromatic heterocycles. The number of aliphatic imine (C=N–C) groups is 1. The minimum Gasteiger partial charge on any atom is -0.357 e. The molecule has 1 aromatic carbocycles. The topological polar surface area (TPSA) is 57.5 Å². The number of hydrogen-bond donors (Lipinski definition) is 2. The molecule has 1 fully saturated rings. The number of hydrogen-bond acceptors (Lipinski definition) is 3. The van der Waals surface area contributed by atoms with Gasteiger partial charge < -0.3 is 15.2 Å². The predicted molar refractivity (Wildman–Crippen MR) is 114 cm³/mol. The second-order valence-electron chi connectivity index (χ2n) is 6.88. The lowest BCUT2D eigenvalue weighted by atomic mass is 10.0. The number of aromatic nitrogens is 2. The van der Waals surface area contributed by atoms with Gasteiger partial charge in [-0.05, 0) is 37.5 Å². The zero-order chi connectivity index (χ0) is 18.9. The van der Waals surface area contributed by atoms with Crippen LogP contribution in [-0.4, -0.2) is 52.6 Å². The molecule has 0 aliphatic carbocycles. The Labute approximate surface area is 170 Å². The summed E-state index contributed by atoms with van der Waals surface area (Å²) in [6, 6.07) is 9.12. The molecule has 0 bridgehead atoms. The second-order valence-corrected chi connectivity index (χ2v) is 7.80. The number of guanidine groups is 1. The van der Waals surface area contributed by atoms with Crippen molar-refractivity contribution in [2.75, 3.05) is 26.2 Å². The molecule has 2 N–H and O–H groups in total. The van der Waals surface area contributed by atoms with Crippen LogP contribution in [-0.2, 0) is 13.1 Å². The SMILES string of the molecule is CCNC(=NCCn1ccnc1)NC1CCN(Cc2ccc(Br)cc2)CC1. The molecule has 3 rings (SSSR count). The maximum atomic E-state index is 4.71. The highest BCUT2D eigenvalue weighted by Crippen LogP contribution is 2.16. The first-order chi connectivity index (χ1) is 13.2. The van der Waals surface area contributed by atoms with Crippen LogP contribution in [0.2, 0.25) is 0 Å². The van der Waals surface area contributed by atoms with Crippen molar-refractivity contribution >= 4 is 21.9 Å². The molecule has 27 heavy (non-hydrogen) atoms. The highest BCUT2D eigenvalue weighted by Gasteiger charge is 2.20. The van der Waals surface area contributed by atoms with E-state index in [-0.39, 0.29) is 0 Å². The molecule has 0 amide bonds. The van der Waals surface area contributed by atoms with Crippen LogP contribution in [0.15, 0.2) is 52.5 Å². The number of piperidine rings is 1. The van der Waals surface area contributed by atoms with Gasteiger partial charge in [0.1, 0.15) is 0 Å². The lowest BCUT2D eigenvalue weighted by Gasteiger charge is -2.33. The van der Waals surface area contributed by atoms with E-state index in [1.165, 1.54) is 5.56 Å². The van der Waals surface area contributed by atoms with Crippen LogP contribution >= 0.6 is 15.9 Å². The monoisotopic (exact) mass is 432 g/mol. The van der Waals surface area contributed by atoms with Crippen LogP contribution in [0.25, 0.3) is 0 Å². The zero-order valence-electron chi connectivity index (χ0n) is 15.9. The Hall–Kier alpha value is -1.86. The molecule has 6 nitrogen and oxygen atoms in total. The number of likely N-dealkylation sites (tertiary alicyclic amines) is 1. The third-order valence-electron chi connectivity index (χ3n) is 4.78. The number of nitrogens with zero attached hydrogens (tertiary/aromatic N) is 4. The summed E-state index contributed by atoms with van der Waals surface area (Å²) in [7, 11) is 0. The molecular weight excluding hydrogens is 404 g/mol. The number of nitrogens with one attached hydrogen (secondary N) is 2. The van der Waals surface area contributed by atoms with E-state index in [1.54, 1.807) is 6.20 Å². The Kier molecular flexibility index (Phi) is 7.71. The second kappa shape index (κ2) is 10.5. The lowest BCUT2D eigenvalue weighted by molar-refractivity contribution is 0.198. The van der Waals surface area contributed by atoms with E-state index < -0.39 is 0 Å². The van der Waals surface area contributed by atoms with Gasteiger partial charge in [0, 0.05) is 55.6 Å². The fourth-order valence-corrected chi connectivity index (χ4v) is 3.56. The third-order valence-corrected chi connectivity index (χ3v) is 5.31. The van der Waals surface area contributed by atoms with Crippen molar-refractivity contribution in [2.45, 2.75) is 38.9 Å². The molecule has 0 atom stereocenters. The van der Waals surface area contributed by atoms with Gasteiger partial charge in [0.25, 0.3) is 0 Å². The summed E-state index contributed by atoms with van der Waals surface area (Å²) in [5.41, 5.74) is 1.37. The van der Waals surface area contributed by atoms with Crippen molar-refractivity contribution in [1.82, 2.24) is 25.1 Å². The van der Waals surface area contributed by atoms with Crippen LogP contribution in [0, 0.1) is 0 Å². The summed E-state index contributed by atoms with van der Waals surface area (Å²) in [4.78, 5) is 11.3. The molecule has 0 spiro atoms. The van der Waals surface area contributed by atoms with E-state index >= 15 is 0 Å². The van der Waals surface area contributed by atoms with Gasteiger partial charge in [-0.3, -0.25) is 9.89 Å². The number of rotatable bonds is 7. The van der Waals surface area contributed by atoms with Crippen LogP contribution in [0.1, 0.15) is 25.3 Å². The van der Waals surface area contributed by atoms with Gasteiger partial charge in [-0.25, -0.2) is 4.98 Å². The van der Waals surface area contributed by atoms with Crippen molar-refractivity contribution in [1.29, 1.82) is 0 Å². The van der Waals surface area contributed by atoms with E-state index in [2.05, 4.69) is 67.6 Å². The Morgan fingerprint density at radius 2 is 2.04 bits per heavy atom. The third kappa shape index (κ3) is 6.66. The number of imidazole rings is 1. The van der Waals surface area contributed by atoms with Gasteiger partial charge in [-0.1, -0.05) is 28.1 Å². The van der Waals surface area contributed by atoms with Gasteiger partial charge in [0.15, 0.2) is 5.96 Å². The Morgan fingerprint density at radius 1 is 1.26 bits per heavy atom. The average molecular weight is 433 g/mol. The first-order valence-corrected chi connectivity index (χ1v) is 10.5. The summed E-state index contributed by atoms with van der Waals surface area (Å²) >= 11 is 3.50. The van der Waals surface area contributed by atoms with Crippen LogP contribution in [0.4, 0.5) is 0 Å². The molecule has 1 aliphatic rings. The molecule has 0 radical (unpaired) electrons. The average Bonchev–Trinajstić information content (AvgIpc) is 3.19. The quantitative estimate of drug-likeness (QED) is 0.521. The van der Waals surface area contributed by atoms with Gasteiger partial charge in [-0.2, -0.15) is 0 Å². The highest BCUT2D eigenvalue weighted by atomic mass is 79.9. The van der Waals surface area contributed by atoms with Gasteiger partial charge in [0.2, 0.25) is 0 Å². The predicted octanol–water partition coefficient (Wildman–Crippen LogP) is 2.87. The van der Waals surface area contributed by atoms with E-state index in [0.29, 0.717) is 6.04 Å². The molecule has 1 aliphatic heterocycles. The fourth-order valence-electron chi connectivity index (χ4n) is 3.29. The maximum Gasteiger partial charge on any atom is 0.191 e. The van der Waals surface area contributed by atoms with Crippen molar-refractivity contribution in [3.05, 3.63) is 53.0 Å². The van der Waals surface area contributed by atoms with Gasteiger partial charge >= 0.3 is 0 Å². The van der Waals surface area contributed by atoms with Crippen molar-refractivity contribution in [3.63, 3.8) is 0 Å². The van der Waals surface area contributed by atoms with Gasteiger partial charge in [-0.15, -0.1) is 0 Å². The summed E-state index contributed by atoms with van der Waals surface area (Å²) in [5, 5.41) is 6.97. The van der Waals surface area contributed by atoms with Gasteiger partial charge in [0.05, 0.1) is 12.9 Å². The highest BCUT2D eigenvalue weighted by molar-refractivity contribution is 9.10. The van der Waals surface area contributed by atoms with Crippen molar-refractivity contribution in [3.8, 4) is 0 Å². The zero-order valence-corrected chi connectivity index (χ0v) is 17.5. The molecule has 2 aromatic rings. The minimum absolute atomic E-state index is 0.484. The number of benzene rings is 1. The molecule has 2 heterocycles. The molecule has 7 heteroatoms. The van der Waals surface area contributed by atoms with Crippen LogP contribution in [0.5, 0.6) is 0 Å². The molecule has 0 unspecified atom stereocenters. The number of halogens is 1. The standard InChI is InChI=1S/C20H29BrN6/c1-2-23-20(24-10-14-27-13-9-22-16-27)25-19-7-11-26(12-8-19)15-17-3-5-18(21)6-4-17/h3-6,9,13,16,19H,2,7-8,10-12,14-15H2,1H3,(H2,23,24,25). The minimum atomic E-state index is 0.484. The Morgan fingerprint density at radius 3 is 2.70 bits per heavy atom. The van der Waals surface area contributed by atoms with Crippen LogP contribution < -0.4 is 10.6 Å². The van der Waals surface area contributed by atoms with Crippen molar-refractivity contribution < 1.29 is 0 Å². The van der Waals surface area contributed by atoms with Crippen LogP contribution in [0.3, 0.4) is 0 Å². The molecule has 146 valence electrons. The summed E-state index contributed by atoms with van der Waals surface area (Å²) in [5.74, 6) is 0.920. The van der Waals surface area contributed by atoms with E-state index in [1.807, 2.05) is 17.1 Å². The first kappa shape index (κ1) is 19.9. The van der Waals surface area contributed by atoms with E-state index in [9.17, 15) is 0 Å². The largest absolute Gasteiger partial charge is 0.357 e. The molecule has 1 saturated heterocycles. The van der Waals surface area contributed by atoms with E-state index in [0.717, 1.165) is 62.5 Å². The van der Waals surface area contributed by atoms with Crippen molar-refractivity contribution in [2.24, 2.45) is 4.99 Å². The first-order valence-electron chi connectivity index (χ1n) is 9.70.